The highest BCUT2D eigenvalue weighted by Gasteiger charge is 2.07. The van der Waals surface area contributed by atoms with Crippen molar-refractivity contribution in [2.45, 2.75) is 19.5 Å². The molecular weight excluding hydrogens is 190 g/mol. The largest absolute Gasteiger partial charge is 0.468 e. The molecule has 0 aliphatic rings. The van der Waals surface area contributed by atoms with Gasteiger partial charge < -0.3 is 14.3 Å². The van der Waals surface area contributed by atoms with Crippen molar-refractivity contribution >= 4 is 0 Å². The summed E-state index contributed by atoms with van der Waals surface area (Å²) in [5.41, 5.74) is 1.16. The highest BCUT2D eigenvalue weighted by atomic mass is 16.3. The lowest BCUT2D eigenvalue weighted by atomic mass is 10.2. The van der Waals surface area contributed by atoms with Gasteiger partial charge in [-0.05, 0) is 19.1 Å². The zero-order chi connectivity index (χ0) is 10.7. The summed E-state index contributed by atoms with van der Waals surface area (Å²) >= 11 is 0. The molecule has 4 nitrogen and oxygen atoms in total. The number of furan rings is 1. The third kappa shape index (κ3) is 2.27. The van der Waals surface area contributed by atoms with Gasteiger partial charge in [0.1, 0.15) is 5.76 Å². The number of nitrogens with zero attached hydrogens (tertiary/aromatic N) is 2. The molecule has 0 bridgehead atoms. The molecule has 0 aliphatic heterocycles. The monoisotopic (exact) mass is 205 g/mol. The molecule has 0 saturated carbocycles. The highest BCUT2D eigenvalue weighted by Crippen LogP contribution is 2.12. The van der Waals surface area contributed by atoms with E-state index in [4.69, 9.17) is 4.42 Å². The molecule has 0 aromatic carbocycles. The molecule has 0 radical (unpaired) electrons. The molecule has 1 N–H and O–H groups in total. The van der Waals surface area contributed by atoms with Crippen LogP contribution in [-0.2, 0) is 13.6 Å². The van der Waals surface area contributed by atoms with Crippen molar-refractivity contribution in [1.29, 1.82) is 0 Å². The van der Waals surface area contributed by atoms with E-state index < -0.39 is 0 Å². The first-order valence-corrected chi connectivity index (χ1v) is 4.99. The Balaban J connectivity index is 1.91. The maximum absolute atomic E-state index is 5.31. The minimum Gasteiger partial charge on any atom is -0.468 e. The Labute approximate surface area is 88.9 Å². The number of imidazole rings is 1. The Morgan fingerprint density at radius 2 is 2.47 bits per heavy atom. The Bertz CT molecular complexity index is 405. The van der Waals surface area contributed by atoms with E-state index in [9.17, 15) is 0 Å². The number of aryl methyl sites for hydroxylation is 1. The van der Waals surface area contributed by atoms with E-state index in [1.165, 1.54) is 0 Å². The topological polar surface area (TPSA) is 43.0 Å². The van der Waals surface area contributed by atoms with E-state index in [0.29, 0.717) is 0 Å². The van der Waals surface area contributed by atoms with Crippen LogP contribution in [0.3, 0.4) is 0 Å². The summed E-state index contributed by atoms with van der Waals surface area (Å²) < 4.78 is 7.31. The normalized spacial score (nSPS) is 12.9. The van der Waals surface area contributed by atoms with Gasteiger partial charge in [0.05, 0.1) is 24.3 Å². The third-order valence-corrected chi connectivity index (χ3v) is 2.48. The van der Waals surface area contributed by atoms with Crippen LogP contribution in [0.2, 0.25) is 0 Å². The zero-order valence-electron chi connectivity index (χ0n) is 8.97. The quantitative estimate of drug-likeness (QED) is 0.828. The van der Waals surface area contributed by atoms with Crippen LogP contribution in [0.1, 0.15) is 24.4 Å². The summed E-state index contributed by atoms with van der Waals surface area (Å²) in [6.07, 6.45) is 5.36. The molecule has 2 aromatic rings. The van der Waals surface area contributed by atoms with Gasteiger partial charge in [0, 0.05) is 19.8 Å². The van der Waals surface area contributed by atoms with E-state index in [0.717, 1.165) is 18.0 Å². The summed E-state index contributed by atoms with van der Waals surface area (Å²) in [5.74, 6) is 0.956. The molecule has 2 aromatic heterocycles. The van der Waals surface area contributed by atoms with E-state index in [1.54, 1.807) is 12.6 Å². The average Bonchev–Trinajstić information content (AvgIpc) is 2.85. The summed E-state index contributed by atoms with van der Waals surface area (Å²) in [5, 5.41) is 3.37. The third-order valence-electron chi connectivity index (χ3n) is 2.48. The molecule has 0 saturated heterocycles. The van der Waals surface area contributed by atoms with Crippen molar-refractivity contribution in [2.24, 2.45) is 7.05 Å². The van der Waals surface area contributed by atoms with Crippen LogP contribution >= 0.6 is 0 Å². The van der Waals surface area contributed by atoms with Gasteiger partial charge in [0.2, 0.25) is 0 Å². The minimum atomic E-state index is 0.218. The molecule has 0 spiro atoms. The minimum absolute atomic E-state index is 0.218. The van der Waals surface area contributed by atoms with E-state index >= 15 is 0 Å². The summed E-state index contributed by atoms with van der Waals surface area (Å²) in [6, 6.07) is 4.09. The fourth-order valence-electron chi connectivity index (χ4n) is 1.45. The zero-order valence-corrected chi connectivity index (χ0v) is 8.97. The molecule has 1 atom stereocenters. The second-order valence-electron chi connectivity index (χ2n) is 3.61. The molecule has 0 amide bonds. The summed E-state index contributed by atoms with van der Waals surface area (Å²) in [6.45, 7) is 2.87. The number of nitrogens with one attached hydrogen (secondary N) is 1. The number of hydrogen-bond donors (Lipinski definition) is 1. The first-order valence-electron chi connectivity index (χ1n) is 4.99. The standard InChI is InChI=1S/C11H15N3O/c1-9(11-4-3-5-15-11)13-7-10-6-12-8-14(10)2/h3-6,8-9,13H,7H2,1-2H3/t9-/m0/s1. The maximum atomic E-state index is 5.31. The van der Waals surface area contributed by atoms with E-state index in [-0.39, 0.29) is 6.04 Å². The van der Waals surface area contributed by atoms with Gasteiger partial charge in [-0.25, -0.2) is 4.98 Å². The molecule has 4 heteroatoms. The maximum Gasteiger partial charge on any atom is 0.120 e. The fraction of sp³-hybridized carbons (Fsp3) is 0.364. The summed E-state index contributed by atoms with van der Waals surface area (Å²) in [4.78, 5) is 4.06. The first kappa shape index (κ1) is 9.98. The lowest BCUT2D eigenvalue weighted by Crippen LogP contribution is -2.18. The van der Waals surface area contributed by atoms with Crippen LogP contribution in [0.4, 0.5) is 0 Å². The number of rotatable bonds is 4. The predicted molar refractivity (Wildman–Crippen MR) is 57.2 cm³/mol. The Kier molecular flexibility index (Phi) is 2.87. The Morgan fingerprint density at radius 3 is 3.07 bits per heavy atom. The molecule has 2 rings (SSSR count). The van der Waals surface area contributed by atoms with Gasteiger partial charge in [-0.3, -0.25) is 0 Å². The molecular formula is C11H15N3O. The molecule has 0 fully saturated rings. The van der Waals surface area contributed by atoms with Gasteiger partial charge >= 0.3 is 0 Å². The van der Waals surface area contributed by atoms with Crippen LogP contribution in [0.5, 0.6) is 0 Å². The van der Waals surface area contributed by atoms with Gasteiger partial charge in [0.15, 0.2) is 0 Å². The molecule has 0 unspecified atom stereocenters. The highest BCUT2D eigenvalue weighted by molar-refractivity contribution is 5.04. The Morgan fingerprint density at radius 1 is 1.60 bits per heavy atom. The van der Waals surface area contributed by atoms with Crippen molar-refractivity contribution in [3.63, 3.8) is 0 Å². The van der Waals surface area contributed by atoms with Gasteiger partial charge in [-0.1, -0.05) is 0 Å². The second kappa shape index (κ2) is 4.31. The lowest BCUT2D eigenvalue weighted by molar-refractivity contribution is 0.427. The van der Waals surface area contributed by atoms with E-state index in [2.05, 4.69) is 17.2 Å². The molecule has 2 heterocycles. The predicted octanol–water partition coefficient (Wildman–Crippen LogP) is 1.86. The van der Waals surface area contributed by atoms with Gasteiger partial charge in [-0.2, -0.15) is 0 Å². The fourth-order valence-corrected chi connectivity index (χ4v) is 1.45. The average molecular weight is 205 g/mol. The second-order valence-corrected chi connectivity index (χ2v) is 3.61. The van der Waals surface area contributed by atoms with Crippen molar-refractivity contribution in [3.05, 3.63) is 42.4 Å². The van der Waals surface area contributed by atoms with Crippen LogP contribution in [0.25, 0.3) is 0 Å². The SMILES string of the molecule is C[C@H](NCc1cncn1C)c1ccco1. The van der Waals surface area contributed by atoms with Gasteiger partial charge in [0.25, 0.3) is 0 Å². The van der Waals surface area contributed by atoms with Crippen molar-refractivity contribution < 1.29 is 4.42 Å². The van der Waals surface area contributed by atoms with Crippen LogP contribution < -0.4 is 5.32 Å². The van der Waals surface area contributed by atoms with Crippen LogP contribution in [0, 0.1) is 0 Å². The number of hydrogen-bond acceptors (Lipinski definition) is 3. The summed E-state index contributed by atoms with van der Waals surface area (Å²) in [7, 11) is 1.99. The van der Waals surface area contributed by atoms with Crippen molar-refractivity contribution in [1.82, 2.24) is 14.9 Å². The van der Waals surface area contributed by atoms with Gasteiger partial charge in [-0.15, -0.1) is 0 Å². The first-order chi connectivity index (χ1) is 7.27. The van der Waals surface area contributed by atoms with Crippen LogP contribution in [-0.4, -0.2) is 9.55 Å². The lowest BCUT2D eigenvalue weighted by Gasteiger charge is -2.11. The molecule has 15 heavy (non-hydrogen) atoms. The molecule has 80 valence electrons. The van der Waals surface area contributed by atoms with E-state index in [1.807, 2.05) is 29.9 Å². The van der Waals surface area contributed by atoms with Crippen molar-refractivity contribution in [2.75, 3.05) is 0 Å². The number of aromatic nitrogens is 2. The molecule has 0 aliphatic carbocycles. The van der Waals surface area contributed by atoms with Crippen LogP contribution in [0.15, 0.2) is 35.3 Å². The Hall–Kier alpha value is -1.55. The van der Waals surface area contributed by atoms with Crippen molar-refractivity contribution in [3.8, 4) is 0 Å². The smallest absolute Gasteiger partial charge is 0.120 e.